The van der Waals surface area contributed by atoms with E-state index in [0.717, 1.165) is 11.4 Å². The molecule has 3 N–H and O–H groups in total. The van der Waals surface area contributed by atoms with E-state index in [4.69, 9.17) is 10.6 Å². The molecule has 1 aromatic heterocycles. The van der Waals surface area contributed by atoms with Crippen LogP contribution in [0, 0.1) is 0 Å². The summed E-state index contributed by atoms with van der Waals surface area (Å²) in [6, 6.07) is 7.15. The van der Waals surface area contributed by atoms with Crippen molar-refractivity contribution in [3.05, 3.63) is 42.4 Å². The van der Waals surface area contributed by atoms with Crippen molar-refractivity contribution in [3.8, 4) is 5.75 Å². The highest BCUT2D eigenvalue weighted by Crippen LogP contribution is 2.19. The average molecular weight is 273 g/mol. The predicted octanol–water partition coefficient (Wildman–Crippen LogP) is 1.05. The van der Waals surface area contributed by atoms with Crippen LogP contribution in [-0.2, 0) is 0 Å². The van der Waals surface area contributed by atoms with Crippen molar-refractivity contribution in [1.29, 1.82) is 0 Å². The summed E-state index contributed by atoms with van der Waals surface area (Å²) in [5, 5.41) is 0. The van der Waals surface area contributed by atoms with Gasteiger partial charge in [-0.05, 0) is 24.3 Å². The number of carbonyl (C=O) groups excluding carboxylic acids is 1. The summed E-state index contributed by atoms with van der Waals surface area (Å²) in [6.07, 6.45) is 2.77. The molecule has 2 aromatic rings. The second kappa shape index (κ2) is 5.98. The second-order valence-electron chi connectivity index (χ2n) is 3.99. The van der Waals surface area contributed by atoms with Gasteiger partial charge in [0.1, 0.15) is 11.4 Å². The molecule has 1 amide bonds. The standard InChI is InChI=1S/C13H15N5O2/c1-18(9-3-5-10(20-2)6-4-9)13(19)11-7-16-12(17-14)8-15-11/h3-8H,14H2,1-2H3,(H,16,17). The van der Waals surface area contributed by atoms with Crippen LogP contribution in [0.5, 0.6) is 5.75 Å². The third kappa shape index (κ3) is 2.83. The first kappa shape index (κ1) is 13.8. The second-order valence-corrected chi connectivity index (χ2v) is 3.99. The van der Waals surface area contributed by atoms with Crippen LogP contribution in [0.4, 0.5) is 11.5 Å². The van der Waals surface area contributed by atoms with Crippen molar-refractivity contribution in [1.82, 2.24) is 9.97 Å². The maximum absolute atomic E-state index is 12.2. The van der Waals surface area contributed by atoms with Gasteiger partial charge >= 0.3 is 0 Å². The van der Waals surface area contributed by atoms with Gasteiger partial charge in [-0.15, -0.1) is 0 Å². The zero-order chi connectivity index (χ0) is 14.5. The van der Waals surface area contributed by atoms with Crippen LogP contribution < -0.4 is 20.9 Å². The number of nitrogens with one attached hydrogen (secondary N) is 1. The molecule has 0 saturated carbocycles. The van der Waals surface area contributed by atoms with Gasteiger partial charge in [0.15, 0.2) is 5.82 Å². The molecule has 104 valence electrons. The van der Waals surface area contributed by atoms with E-state index in [2.05, 4.69) is 15.4 Å². The fourth-order valence-electron chi connectivity index (χ4n) is 1.61. The van der Waals surface area contributed by atoms with Gasteiger partial charge in [-0.2, -0.15) is 0 Å². The van der Waals surface area contributed by atoms with Crippen molar-refractivity contribution < 1.29 is 9.53 Å². The molecule has 7 nitrogen and oxygen atoms in total. The third-order valence-electron chi connectivity index (χ3n) is 2.78. The molecule has 0 aliphatic carbocycles. The van der Waals surface area contributed by atoms with Crippen molar-refractivity contribution in [2.45, 2.75) is 0 Å². The molecule has 20 heavy (non-hydrogen) atoms. The van der Waals surface area contributed by atoms with Gasteiger partial charge in [0.2, 0.25) is 0 Å². The minimum absolute atomic E-state index is 0.238. The van der Waals surface area contributed by atoms with Gasteiger partial charge in [-0.25, -0.2) is 15.8 Å². The molecule has 0 fully saturated rings. The van der Waals surface area contributed by atoms with Gasteiger partial charge < -0.3 is 15.1 Å². The Balaban J connectivity index is 2.17. The number of hydrogen-bond acceptors (Lipinski definition) is 6. The van der Waals surface area contributed by atoms with Crippen molar-refractivity contribution in [2.24, 2.45) is 5.84 Å². The molecule has 0 aliphatic rings. The first-order valence-electron chi connectivity index (χ1n) is 5.86. The molecule has 0 radical (unpaired) electrons. The molecular formula is C13H15N5O2. The van der Waals surface area contributed by atoms with Crippen molar-refractivity contribution >= 4 is 17.4 Å². The lowest BCUT2D eigenvalue weighted by atomic mass is 10.2. The van der Waals surface area contributed by atoms with E-state index in [1.165, 1.54) is 17.3 Å². The Morgan fingerprint density at radius 2 is 1.95 bits per heavy atom. The smallest absolute Gasteiger partial charge is 0.278 e. The monoisotopic (exact) mass is 273 g/mol. The number of nitrogens with two attached hydrogens (primary N) is 1. The number of ether oxygens (including phenoxy) is 1. The summed E-state index contributed by atoms with van der Waals surface area (Å²) in [4.78, 5) is 21.7. The molecule has 1 heterocycles. The highest BCUT2D eigenvalue weighted by Gasteiger charge is 2.15. The highest BCUT2D eigenvalue weighted by molar-refractivity contribution is 6.04. The molecule has 0 aliphatic heterocycles. The zero-order valence-electron chi connectivity index (χ0n) is 11.2. The van der Waals surface area contributed by atoms with Gasteiger partial charge in [-0.1, -0.05) is 0 Å². The first-order chi connectivity index (χ1) is 9.65. The fourth-order valence-corrected chi connectivity index (χ4v) is 1.61. The van der Waals surface area contributed by atoms with E-state index < -0.39 is 0 Å². The number of hydrazine groups is 1. The topological polar surface area (TPSA) is 93.4 Å². The summed E-state index contributed by atoms with van der Waals surface area (Å²) in [6.45, 7) is 0. The molecular weight excluding hydrogens is 258 g/mol. The largest absolute Gasteiger partial charge is 0.497 e. The SMILES string of the molecule is COc1ccc(N(C)C(=O)c2cnc(NN)cn2)cc1. The average Bonchev–Trinajstić information content (AvgIpc) is 2.53. The van der Waals surface area contributed by atoms with Crippen LogP contribution >= 0.6 is 0 Å². The van der Waals surface area contributed by atoms with E-state index in [1.54, 1.807) is 38.4 Å². The number of methoxy groups -OCH3 is 1. The molecule has 1 aromatic carbocycles. The number of hydrogen-bond donors (Lipinski definition) is 2. The van der Waals surface area contributed by atoms with Crippen molar-refractivity contribution in [2.75, 3.05) is 24.5 Å². The number of nitrogens with zero attached hydrogens (tertiary/aromatic N) is 3. The molecule has 7 heteroatoms. The van der Waals surface area contributed by atoms with Crippen molar-refractivity contribution in [3.63, 3.8) is 0 Å². The summed E-state index contributed by atoms with van der Waals surface area (Å²) in [5.41, 5.74) is 3.33. The highest BCUT2D eigenvalue weighted by atomic mass is 16.5. The van der Waals surface area contributed by atoms with Gasteiger partial charge in [0.25, 0.3) is 5.91 Å². The third-order valence-corrected chi connectivity index (χ3v) is 2.78. The van der Waals surface area contributed by atoms with Crippen LogP contribution in [0.3, 0.4) is 0 Å². The van der Waals surface area contributed by atoms with Gasteiger partial charge in [-0.3, -0.25) is 4.79 Å². The lowest BCUT2D eigenvalue weighted by molar-refractivity contribution is 0.0988. The molecule has 0 saturated heterocycles. The Morgan fingerprint density at radius 1 is 1.25 bits per heavy atom. The number of carbonyl (C=O) groups is 1. The van der Waals surface area contributed by atoms with Crippen LogP contribution in [0.1, 0.15) is 10.5 Å². The summed E-state index contributed by atoms with van der Waals surface area (Å²) >= 11 is 0. The molecule has 0 atom stereocenters. The lowest BCUT2D eigenvalue weighted by Crippen LogP contribution is -2.27. The number of benzene rings is 1. The minimum atomic E-state index is -0.258. The summed E-state index contributed by atoms with van der Waals surface area (Å²) in [5.74, 6) is 6.06. The number of amides is 1. The van der Waals surface area contributed by atoms with Crippen LogP contribution in [-0.4, -0.2) is 30.0 Å². The molecule has 0 unspecified atom stereocenters. The van der Waals surface area contributed by atoms with Gasteiger partial charge in [0, 0.05) is 12.7 Å². The maximum atomic E-state index is 12.2. The first-order valence-corrected chi connectivity index (χ1v) is 5.86. The molecule has 2 rings (SSSR count). The predicted molar refractivity (Wildman–Crippen MR) is 75.6 cm³/mol. The molecule has 0 bridgehead atoms. The molecule has 0 spiro atoms. The van der Waals surface area contributed by atoms with Crippen LogP contribution in [0.15, 0.2) is 36.7 Å². The normalized spacial score (nSPS) is 9.95. The number of aromatic nitrogens is 2. The number of rotatable bonds is 4. The Labute approximate surface area is 116 Å². The summed E-state index contributed by atoms with van der Waals surface area (Å²) in [7, 11) is 3.26. The van der Waals surface area contributed by atoms with Crippen LogP contribution in [0.25, 0.3) is 0 Å². The van der Waals surface area contributed by atoms with E-state index in [9.17, 15) is 4.79 Å². The minimum Gasteiger partial charge on any atom is -0.497 e. The quantitative estimate of drug-likeness (QED) is 0.639. The maximum Gasteiger partial charge on any atom is 0.278 e. The van der Waals surface area contributed by atoms with Gasteiger partial charge in [0.05, 0.1) is 19.5 Å². The van der Waals surface area contributed by atoms with E-state index in [1.807, 2.05) is 0 Å². The fraction of sp³-hybridized carbons (Fsp3) is 0.154. The Kier molecular flexibility index (Phi) is 4.11. The zero-order valence-corrected chi connectivity index (χ0v) is 11.2. The Hall–Kier alpha value is -2.67. The Morgan fingerprint density at radius 3 is 2.45 bits per heavy atom. The van der Waals surface area contributed by atoms with Crippen LogP contribution in [0.2, 0.25) is 0 Å². The number of nitrogen functional groups attached to an aromatic ring is 1. The Bertz CT molecular complexity index is 583. The van der Waals surface area contributed by atoms with E-state index >= 15 is 0 Å². The number of anilines is 2. The lowest BCUT2D eigenvalue weighted by Gasteiger charge is -2.17. The van der Waals surface area contributed by atoms with E-state index in [-0.39, 0.29) is 11.6 Å². The summed E-state index contributed by atoms with van der Waals surface area (Å²) < 4.78 is 5.07. The van der Waals surface area contributed by atoms with E-state index in [0.29, 0.717) is 5.82 Å².